The molecule has 0 heterocycles. The minimum atomic E-state index is -1.04. The third-order valence-corrected chi connectivity index (χ3v) is 14.3. The van der Waals surface area contributed by atoms with E-state index in [0.717, 1.165) is 5.92 Å². The first kappa shape index (κ1) is 17.8. The molecule has 0 amide bonds. The predicted molar refractivity (Wildman–Crippen MR) is 84.7 cm³/mol. The SMILES string of the molecule is CCC[CH2][SnH]([CH2]CCC)[CH2]CCCCC(C)C. The molecule has 0 aromatic carbocycles. The van der Waals surface area contributed by atoms with E-state index >= 15 is 0 Å². The molecule has 0 nitrogen and oxygen atoms in total. The third-order valence-electron chi connectivity index (χ3n) is 3.83. The van der Waals surface area contributed by atoms with Gasteiger partial charge in [-0.3, -0.25) is 0 Å². The zero-order valence-corrected chi connectivity index (χ0v) is 16.2. The Kier molecular flexibility index (Phi) is 13.9. The van der Waals surface area contributed by atoms with Crippen LogP contribution < -0.4 is 0 Å². The molecule has 0 aromatic rings. The maximum absolute atomic E-state index is 2.35. The van der Waals surface area contributed by atoms with E-state index in [-0.39, 0.29) is 0 Å². The topological polar surface area (TPSA) is 0 Å². The molecule has 0 aliphatic carbocycles. The summed E-state index contributed by atoms with van der Waals surface area (Å²) in [6, 6.07) is 0. The zero-order valence-electron chi connectivity index (χ0n) is 12.9. The fourth-order valence-electron chi connectivity index (χ4n) is 2.58. The van der Waals surface area contributed by atoms with Crippen molar-refractivity contribution in [1.29, 1.82) is 0 Å². The van der Waals surface area contributed by atoms with Gasteiger partial charge in [-0.1, -0.05) is 0 Å². The monoisotopic (exact) mass is 348 g/mol. The molecule has 0 N–H and O–H groups in total. The van der Waals surface area contributed by atoms with Crippen molar-refractivity contribution < 1.29 is 0 Å². The molecular formula is C16H36Sn. The number of hydrogen-bond acceptors (Lipinski definition) is 0. The van der Waals surface area contributed by atoms with Crippen molar-refractivity contribution in [3.8, 4) is 0 Å². The molecule has 0 unspecified atom stereocenters. The van der Waals surface area contributed by atoms with Crippen molar-refractivity contribution in [2.24, 2.45) is 5.92 Å². The van der Waals surface area contributed by atoms with Gasteiger partial charge in [0.1, 0.15) is 0 Å². The van der Waals surface area contributed by atoms with Crippen LogP contribution in [0.25, 0.3) is 0 Å². The normalized spacial score (nSPS) is 11.6. The van der Waals surface area contributed by atoms with Crippen molar-refractivity contribution in [2.45, 2.75) is 92.4 Å². The van der Waals surface area contributed by atoms with Crippen LogP contribution in [0.15, 0.2) is 0 Å². The van der Waals surface area contributed by atoms with Crippen LogP contribution in [0.1, 0.15) is 79.1 Å². The molecule has 0 saturated heterocycles. The van der Waals surface area contributed by atoms with Crippen LogP contribution in [0.4, 0.5) is 0 Å². The van der Waals surface area contributed by atoms with Crippen molar-refractivity contribution >= 4 is 19.8 Å². The second kappa shape index (κ2) is 13.2. The van der Waals surface area contributed by atoms with Crippen LogP contribution in [-0.2, 0) is 0 Å². The van der Waals surface area contributed by atoms with E-state index in [2.05, 4.69) is 27.7 Å². The van der Waals surface area contributed by atoms with Crippen molar-refractivity contribution in [3.05, 3.63) is 0 Å². The quantitative estimate of drug-likeness (QED) is 0.299. The summed E-state index contributed by atoms with van der Waals surface area (Å²) < 4.78 is 5.10. The summed E-state index contributed by atoms with van der Waals surface area (Å²) in [5.74, 6) is 0.912. The van der Waals surface area contributed by atoms with Gasteiger partial charge in [0.25, 0.3) is 0 Å². The Morgan fingerprint density at radius 2 is 1.24 bits per heavy atom. The number of rotatable bonds is 12. The van der Waals surface area contributed by atoms with Crippen molar-refractivity contribution in [2.75, 3.05) is 0 Å². The minimum absolute atomic E-state index is 0.912. The Labute approximate surface area is 118 Å². The Bertz CT molecular complexity index is 134. The van der Waals surface area contributed by atoms with E-state index in [1.54, 1.807) is 19.7 Å². The summed E-state index contributed by atoms with van der Waals surface area (Å²) in [6.07, 6.45) is 11.9. The first-order valence-corrected chi connectivity index (χ1v) is 15.2. The Morgan fingerprint density at radius 1 is 0.706 bits per heavy atom. The van der Waals surface area contributed by atoms with Gasteiger partial charge >= 0.3 is 118 Å². The molecule has 104 valence electrons. The molecule has 0 aromatic heterocycles. The second-order valence-electron chi connectivity index (χ2n) is 6.18. The average Bonchev–Trinajstić information content (AvgIpc) is 2.30. The summed E-state index contributed by atoms with van der Waals surface area (Å²) in [6.45, 7) is 9.41. The van der Waals surface area contributed by atoms with E-state index in [9.17, 15) is 0 Å². The Hall–Kier alpha value is 0.799. The fraction of sp³-hybridized carbons (Fsp3) is 1.00. The fourth-order valence-corrected chi connectivity index (χ4v) is 13.2. The van der Waals surface area contributed by atoms with E-state index in [4.69, 9.17) is 0 Å². The van der Waals surface area contributed by atoms with Crippen LogP contribution in [0.5, 0.6) is 0 Å². The standard InChI is InChI=1S/C8H17.2C4H9.Sn.H/c1-4-5-6-7-8(2)3;2*1-3-4-2;;/h8H,1,4-7H2,2-3H3;2*1,3-4H2,2H3;;. The molecule has 0 aliphatic heterocycles. The Balaban J connectivity index is 3.52. The van der Waals surface area contributed by atoms with E-state index in [1.807, 2.05) is 0 Å². The maximum atomic E-state index is 2.35. The van der Waals surface area contributed by atoms with Crippen LogP contribution in [0.3, 0.4) is 0 Å². The molecule has 0 spiro atoms. The summed E-state index contributed by atoms with van der Waals surface area (Å²) >= 11 is -1.04. The zero-order chi connectivity index (χ0) is 12.9. The van der Waals surface area contributed by atoms with Gasteiger partial charge in [-0.15, -0.1) is 0 Å². The van der Waals surface area contributed by atoms with Gasteiger partial charge in [0.05, 0.1) is 0 Å². The number of unbranched alkanes of at least 4 members (excludes halogenated alkanes) is 4. The van der Waals surface area contributed by atoms with E-state index in [1.165, 1.54) is 44.9 Å². The molecule has 0 saturated carbocycles. The average molecular weight is 347 g/mol. The van der Waals surface area contributed by atoms with Gasteiger partial charge in [-0.25, -0.2) is 0 Å². The molecule has 0 rings (SSSR count). The van der Waals surface area contributed by atoms with E-state index < -0.39 is 19.8 Å². The van der Waals surface area contributed by atoms with Gasteiger partial charge in [-0.2, -0.15) is 0 Å². The van der Waals surface area contributed by atoms with Crippen LogP contribution in [0.2, 0.25) is 13.3 Å². The van der Waals surface area contributed by atoms with Gasteiger partial charge in [0.2, 0.25) is 0 Å². The molecule has 0 atom stereocenters. The molecule has 0 fully saturated rings. The molecule has 0 aliphatic rings. The summed E-state index contributed by atoms with van der Waals surface area (Å²) in [5.41, 5.74) is 0. The van der Waals surface area contributed by atoms with Gasteiger partial charge in [0.15, 0.2) is 0 Å². The van der Waals surface area contributed by atoms with Crippen LogP contribution >= 0.6 is 0 Å². The summed E-state index contributed by atoms with van der Waals surface area (Å²) in [4.78, 5) is 0. The van der Waals surface area contributed by atoms with Crippen molar-refractivity contribution in [1.82, 2.24) is 0 Å². The summed E-state index contributed by atoms with van der Waals surface area (Å²) in [7, 11) is 0. The first-order valence-electron chi connectivity index (χ1n) is 8.20. The van der Waals surface area contributed by atoms with Crippen LogP contribution in [-0.4, -0.2) is 19.8 Å². The van der Waals surface area contributed by atoms with Crippen LogP contribution in [0, 0.1) is 5.92 Å². The third kappa shape index (κ3) is 13.0. The summed E-state index contributed by atoms with van der Waals surface area (Å²) in [5, 5.41) is 0. The first-order chi connectivity index (χ1) is 8.20. The predicted octanol–water partition coefficient (Wildman–Crippen LogP) is 6.03. The molecule has 17 heavy (non-hydrogen) atoms. The Morgan fingerprint density at radius 3 is 1.71 bits per heavy atom. The van der Waals surface area contributed by atoms with Gasteiger partial charge in [-0.05, 0) is 0 Å². The molecule has 0 radical (unpaired) electrons. The second-order valence-corrected chi connectivity index (χ2v) is 16.1. The van der Waals surface area contributed by atoms with Gasteiger partial charge < -0.3 is 0 Å². The van der Waals surface area contributed by atoms with E-state index in [0.29, 0.717) is 0 Å². The molecule has 1 heteroatoms. The number of hydrogen-bond donors (Lipinski definition) is 0. The van der Waals surface area contributed by atoms with Crippen molar-refractivity contribution in [3.63, 3.8) is 0 Å². The van der Waals surface area contributed by atoms with Gasteiger partial charge in [0, 0.05) is 0 Å². The molecular weight excluding hydrogens is 311 g/mol. The molecule has 0 bridgehead atoms.